The van der Waals surface area contributed by atoms with Crippen molar-refractivity contribution in [3.8, 4) is 17.2 Å². The van der Waals surface area contributed by atoms with Crippen LogP contribution in [-0.4, -0.2) is 67.6 Å². The fraction of sp³-hybridized carbons (Fsp3) is 0.333. The Hall–Kier alpha value is -3.22. The van der Waals surface area contributed by atoms with Gasteiger partial charge in [0, 0.05) is 31.7 Å². The van der Waals surface area contributed by atoms with Gasteiger partial charge in [0.15, 0.2) is 11.5 Å². The lowest BCUT2D eigenvalue weighted by Gasteiger charge is -2.37. The summed E-state index contributed by atoms with van der Waals surface area (Å²) in [7, 11) is 1.59. The van der Waals surface area contributed by atoms with Crippen LogP contribution in [0.1, 0.15) is 10.4 Å². The predicted octanol–water partition coefficient (Wildman–Crippen LogP) is 1.82. The topological polar surface area (TPSA) is 68.3 Å². The van der Waals surface area contributed by atoms with Crippen molar-refractivity contribution in [1.82, 2.24) is 9.80 Å². The number of amides is 2. The highest BCUT2D eigenvalue weighted by Gasteiger charge is 2.33. The fourth-order valence-electron chi connectivity index (χ4n) is 3.39. The molecule has 2 aliphatic heterocycles. The van der Waals surface area contributed by atoms with Crippen molar-refractivity contribution in [2.75, 3.05) is 39.9 Å². The van der Waals surface area contributed by atoms with Crippen molar-refractivity contribution in [3.63, 3.8) is 0 Å². The summed E-state index contributed by atoms with van der Waals surface area (Å²) in [6, 6.07) is 14.4. The molecule has 0 N–H and O–H groups in total. The quantitative estimate of drug-likeness (QED) is 0.810. The van der Waals surface area contributed by atoms with Crippen molar-refractivity contribution in [2.45, 2.75) is 6.10 Å². The number of hydrogen-bond acceptors (Lipinski definition) is 5. The predicted molar refractivity (Wildman–Crippen MR) is 102 cm³/mol. The number of carbonyl (C=O) groups is 2. The SMILES string of the molecule is COc1ccc(C(=O)N2CCN(C(=O)[C@H]3COc4ccccc4O3)CC2)cc1. The highest BCUT2D eigenvalue weighted by atomic mass is 16.6. The molecule has 0 aromatic heterocycles. The Labute approximate surface area is 163 Å². The first-order valence-electron chi connectivity index (χ1n) is 9.26. The lowest BCUT2D eigenvalue weighted by atomic mass is 10.1. The van der Waals surface area contributed by atoms with Crippen molar-refractivity contribution >= 4 is 11.8 Å². The molecule has 1 fully saturated rings. The van der Waals surface area contributed by atoms with Crippen molar-refractivity contribution in [2.24, 2.45) is 0 Å². The summed E-state index contributed by atoms with van der Waals surface area (Å²) >= 11 is 0. The molecule has 0 unspecified atom stereocenters. The smallest absolute Gasteiger partial charge is 0.267 e. The number of carbonyl (C=O) groups excluding carboxylic acids is 2. The summed E-state index contributed by atoms with van der Waals surface area (Å²) in [5, 5.41) is 0. The molecule has 0 aliphatic carbocycles. The van der Waals surface area contributed by atoms with E-state index in [-0.39, 0.29) is 18.4 Å². The Balaban J connectivity index is 1.33. The van der Waals surface area contributed by atoms with Gasteiger partial charge in [-0.15, -0.1) is 0 Å². The Morgan fingerprint density at radius 2 is 1.57 bits per heavy atom. The van der Waals surface area contributed by atoms with Crippen LogP contribution in [0.5, 0.6) is 17.2 Å². The normalized spacial score (nSPS) is 18.5. The van der Waals surface area contributed by atoms with Gasteiger partial charge in [-0.2, -0.15) is 0 Å². The van der Waals surface area contributed by atoms with E-state index in [1.54, 1.807) is 47.2 Å². The first kappa shape index (κ1) is 18.2. The van der Waals surface area contributed by atoms with E-state index in [4.69, 9.17) is 14.2 Å². The Morgan fingerprint density at radius 3 is 2.25 bits per heavy atom. The molecule has 7 heteroatoms. The van der Waals surface area contributed by atoms with E-state index >= 15 is 0 Å². The summed E-state index contributed by atoms with van der Waals surface area (Å²) in [4.78, 5) is 28.9. The number of hydrogen-bond donors (Lipinski definition) is 0. The van der Waals surface area contributed by atoms with Gasteiger partial charge < -0.3 is 24.0 Å². The molecule has 2 aliphatic rings. The van der Waals surface area contributed by atoms with E-state index in [1.807, 2.05) is 18.2 Å². The van der Waals surface area contributed by atoms with Crippen LogP contribution in [0.3, 0.4) is 0 Å². The summed E-state index contributed by atoms with van der Waals surface area (Å²) in [6.45, 7) is 2.12. The monoisotopic (exact) mass is 382 g/mol. The molecule has 0 saturated carbocycles. The minimum atomic E-state index is -0.654. The van der Waals surface area contributed by atoms with Gasteiger partial charge in [-0.05, 0) is 36.4 Å². The maximum absolute atomic E-state index is 12.8. The Morgan fingerprint density at radius 1 is 0.929 bits per heavy atom. The van der Waals surface area contributed by atoms with E-state index in [0.717, 1.165) is 0 Å². The lowest BCUT2D eigenvalue weighted by molar-refractivity contribution is -0.142. The van der Waals surface area contributed by atoms with Crippen LogP contribution < -0.4 is 14.2 Å². The Bertz CT molecular complexity index is 859. The average Bonchev–Trinajstić information content (AvgIpc) is 2.78. The number of para-hydroxylation sites is 2. The number of rotatable bonds is 3. The van der Waals surface area contributed by atoms with Gasteiger partial charge in [0.2, 0.25) is 6.10 Å². The molecule has 7 nitrogen and oxygen atoms in total. The van der Waals surface area contributed by atoms with Crippen molar-refractivity contribution in [1.29, 1.82) is 0 Å². The average molecular weight is 382 g/mol. The van der Waals surface area contributed by atoms with Crippen molar-refractivity contribution in [3.05, 3.63) is 54.1 Å². The van der Waals surface area contributed by atoms with E-state index in [2.05, 4.69) is 0 Å². The molecule has 2 aromatic rings. The summed E-state index contributed by atoms with van der Waals surface area (Å²) in [6.07, 6.45) is -0.654. The van der Waals surface area contributed by atoms with Gasteiger partial charge in [-0.3, -0.25) is 9.59 Å². The molecule has 0 bridgehead atoms. The molecule has 2 heterocycles. The second-order valence-corrected chi connectivity index (χ2v) is 6.71. The minimum Gasteiger partial charge on any atom is -0.497 e. The lowest BCUT2D eigenvalue weighted by Crippen LogP contribution is -2.55. The van der Waals surface area contributed by atoms with Gasteiger partial charge in [0.05, 0.1) is 7.11 Å². The van der Waals surface area contributed by atoms with Crippen LogP contribution in [0, 0.1) is 0 Å². The molecular weight excluding hydrogens is 360 g/mol. The van der Waals surface area contributed by atoms with E-state index in [0.29, 0.717) is 49.0 Å². The Kier molecular flexibility index (Phi) is 5.06. The third-order valence-electron chi connectivity index (χ3n) is 5.00. The number of nitrogens with zero attached hydrogens (tertiary/aromatic N) is 2. The highest BCUT2D eigenvalue weighted by molar-refractivity contribution is 5.94. The van der Waals surface area contributed by atoms with Gasteiger partial charge in [0.1, 0.15) is 12.4 Å². The van der Waals surface area contributed by atoms with E-state index < -0.39 is 6.10 Å². The zero-order valence-electron chi connectivity index (χ0n) is 15.7. The molecule has 2 aromatic carbocycles. The van der Waals surface area contributed by atoms with Gasteiger partial charge in [-0.25, -0.2) is 0 Å². The van der Waals surface area contributed by atoms with Crippen molar-refractivity contribution < 1.29 is 23.8 Å². The van der Waals surface area contributed by atoms with Crippen LogP contribution in [0.4, 0.5) is 0 Å². The van der Waals surface area contributed by atoms with Crippen LogP contribution in [0.2, 0.25) is 0 Å². The van der Waals surface area contributed by atoms with E-state index in [1.165, 1.54) is 0 Å². The second kappa shape index (κ2) is 7.80. The summed E-state index contributed by atoms with van der Waals surface area (Å²) in [5.74, 6) is 1.80. The molecule has 146 valence electrons. The third kappa shape index (κ3) is 3.60. The fourth-order valence-corrected chi connectivity index (χ4v) is 3.39. The minimum absolute atomic E-state index is 0.0408. The zero-order chi connectivity index (χ0) is 19.5. The summed E-state index contributed by atoms with van der Waals surface area (Å²) in [5.41, 5.74) is 0.612. The first-order chi connectivity index (χ1) is 13.7. The van der Waals surface area contributed by atoms with Crippen LogP contribution >= 0.6 is 0 Å². The van der Waals surface area contributed by atoms with Gasteiger partial charge in [-0.1, -0.05) is 12.1 Å². The first-order valence-corrected chi connectivity index (χ1v) is 9.26. The molecular formula is C21H22N2O5. The summed E-state index contributed by atoms with van der Waals surface area (Å²) < 4.78 is 16.6. The molecule has 1 atom stereocenters. The molecule has 4 rings (SSSR count). The largest absolute Gasteiger partial charge is 0.497 e. The maximum Gasteiger partial charge on any atom is 0.267 e. The maximum atomic E-state index is 12.8. The van der Waals surface area contributed by atoms with E-state index in [9.17, 15) is 9.59 Å². The van der Waals surface area contributed by atoms with Gasteiger partial charge >= 0.3 is 0 Å². The second-order valence-electron chi connectivity index (χ2n) is 6.71. The van der Waals surface area contributed by atoms with Crippen LogP contribution in [0.15, 0.2) is 48.5 Å². The standard InChI is InChI=1S/C21H22N2O5/c1-26-16-8-6-15(7-9-16)20(24)22-10-12-23(13-11-22)21(25)19-14-27-17-4-2-3-5-18(17)28-19/h2-9,19H,10-14H2,1H3/t19-/m1/s1. The van der Waals surface area contributed by atoms with Crippen LogP contribution in [0.25, 0.3) is 0 Å². The van der Waals surface area contributed by atoms with Crippen LogP contribution in [-0.2, 0) is 4.79 Å². The number of methoxy groups -OCH3 is 1. The number of ether oxygens (including phenoxy) is 3. The zero-order valence-corrected chi connectivity index (χ0v) is 15.7. The molecule has 0 spiro atoms. The molecule has 1 saturated heterocycles. The molecule has 0 radical (unpaired) electrons. The number of fused-ring (bicyclic) bond motifs is 1. The highest BCUT2D eigenvalue weighted by Crippen LogP contribution is 2.31. The molecule has 28 heavy (non-hydrogen) atoms. The number of benzene rings is 2. The van der Waals surface area contributed by atoms with Gasteiger partial charge in [0.25, 0.3) is 11.8 Å². The number of piperazine rings is 1. The molecule has 2 amide bonds. The third-order valence-corrected chi connectivity index (χ3v) is 5.00.